The van der Waals surface area contributed by atoms with Crippen LogP contribution in [0.4, 0.5) is 0 Å². The molecule has 0 aliphatic carbocycles. The number of rotatable bonds is 2. The summed E-state index contributed by atoms with van der Waals surface area (Å²) in [6, 6.07) is 8.46. The van der Waals surface area contributed by atoms with Gasteiger partial charge >= 0.3 is 0 Å². The number of nitrogens with zero attached hydrogens (tertiary/aromatic N) is 4. The summed E-state index contributed by atoms with van der Waals surface area (Å²) >= 11 is 1.73. The molecule has 2 aliphatic rings. The number of nitrogens with one attached hydrogen (secondary N) is 3. The molecule has 37 heavy (non-hydrogen) atoms. The summed E-state index contributed by atoms with van der Waals surface area (Å²) in [7, 11) is 0. The lowest BCUT2D eigenvalue weighted by molar-refractivity contribution is 0.317. The zero-order valence-corrected chi connectivity index (χ0v) is 21.6. The molecule has 2 atom stereocenters. The number of hydrogen-bond donors (Lipinski definition) is 3. The molecule has 186 valence electrons. The van der Waals surface area contributed by atoms with Gasteiger partial charge in [-0.3, -0.25) is 20.0 Å². The minimum Gasteiger partial charge on any atom is -0.353 e. The highest BCUT2D eigenvalue weighted by Gasteiger charge is 2.23. The van der Waals surface area contributed by atoms with Crippen LogP contribution in [0.25, 0.3) is 33.4 Å². The molecule has 0 radical (unpaired) electrons. The van der Waals surface area contributed by atoms with E-state index in [0.717, 1.165) is 53.8 Å². The van der Waals surface area contributed by atoms with E-state index in [1.807, 2.05) is 18.5 Å². The number of allylic oxidation sites excluding steroid dienone is 4. The smallest absolute Gasteiger partial charge is 0.116 e. The van der Waals surface area contributed by atoms with E-state index >= 15 is 0 Å². The van der Waals surface area contributed by atoms with Crippen molar-refractivity contribution in [3.8, 4) is 11.3 Å². The topological polar surface area (TPSA) is 93.6 Å². The van der Waals surface area contributed by atoms with Crippen LogP contribution in [0.1, 0.15) is 35.9 Å². The number of thiophene rings is 1. The molecule has 8 heteroatoms. The van der Waals surface area contributed by atoms with Gasteiger partial charge in [0.15, 0.2) is 0 Å². The molecule has 1 saturated heterocycles. The van der Waals surface area contributed by atoms with Gasteiger partial charge in [0.25, 0.3) is 0 Å². The van der Waals surface area contributed by atoms with Crippen LogP contribution in [0.15, 0.2) is 72.2 Å². The van der Waals surface area contributed by atoms with Crippen LogP contribution in [0, 0.1) is 11.3 Å². The van der Waals surface area contributed by atoms with Crippen molar-refractivity contribution in [2.24, 2.45) is 5.92 Å². The van der Waals surface area contributed by atoms with Gasteiger partial charge in [-0.1, -0.05) is 18.7 Å². The zero-order chi connectivity index (χ0) is 25.4. The van der Waals surface area contributed by atoms with Gasteiger partial charge in [0.05, 0.1) is 28.8 Å². The third-order valence-electron chi connectivity index (χ3n) is 7.28. The third kappa shape index (κ3) is 4.65. The van der Waals surface area contributed by atoms with E-state index in [1.165, 1.54) is 28.6 Å². The van der Waals surface area contributed by atoms with Gasteiger partial charge in [0.2, 0.25) is 0 Å². The lowest BCUT2D eigenvalue weighted by atomic mass is 9.97. The second kappa shape index (κ2) is 9.88. The standard InChI is InChI=1S/C29H29N7S/c1-18-23(28-4-3-9-37-28)6-5-20-7-8-36(16-20)17-21-10-22(14-31-13-21)25-11-24-27(15-32-25)34-35-29(24)19(2)33-26(18)12-30/h3-4,6,9-15,20,30,33H,2,5,7-8,16-17H2,1H3,(H,34,35)/b23-6+,26-18+,30-12?. The van der Waals surface area contributed by atoms with Crippen LogP contribution < -0.4 is 5.32 Å². The molecule has 1 fully saturated rings. The monoisotopic (exact) mass is 507 g/mol. The van der Waals surface area contributed by atoms with Gasteiger partial charge in [0, 0.05) is 47.5 Å². The second-order valence-corrected chi connectivity index (χ2v) is 10.7. The molecule has 6 rings (SSSR count). The van der Waals surface area contributed by atoms with Gasteiger partial charge in [0.1, 0.15) is 5.69 Å². The fraction of sp³-hybridized carbons (Fsp3) is 0.241. The van der Waals surface area contributed by atoms with E-state index in [4.69, 9.17) is 5.41 Å². The molecular formula is C29H29N7S. The first-order valence-corrected chi connectivity index (χ1v) is 13.4. The average Bonchev–Trinajstić information content (AvgIpc) is 3.68. The van der Waals surface area contributed by atoms with Gasteiger partial charge < -0.3 is 10.7 Å². The minimum atomic E-state index is 0.597. The Morgan fingerprint density at radius 3 is 3.00 bits per heavy atom. The highest BCUT2D eigenvalue weighted by molar-refractivity contribution is 7.11. The fourth-order valence-corrected chi connectivity index (χ4v) is 6.11. The van der Waals surface area contributed by atoms with Crippen LogP contribution in [-0.2, 0) is 6.54 Å². The summed E-state index contributed by atoms with van der Waals surface area (Å²) in [5, 5.41) is 22.2. The van der Waals surface area contributed by atoms with Crippen molar-refractivity contribution in [2.75, 3.05) is 13.1 Å². The summed E-state index contributed by atoms with van der Waals surface area (Å²) in [4.78, 5) is 12.9. The molecule has 4 aromatic rings. The van der Waals surface area contributed by atoms with Gasteiger partial charge in [-0.05, 0) is 72.5 Å². The van der Waals surface area contributed by atoms with Gasteiger partial charge in [-0.2, -0.15) is 5.10 Å². The Kier molecular flexibility index (Phi) is 6.28. The first kappa shape index (κ1) is 23.5. The molecule has 0 spiro atoms. The highest BCUT2D eigenvalue weighted by atomic mass is 32.1. The number of H-pyrrole nitrogens is 1. The van der Waals surface area contributed by atoms with E-state index in [9.17, 15) is 0 Å². The highest BCUT2D eigenvalue weighted by Crippen LogP contribution is 2.32. The molecule has 6 heterocycles. The Morgan fingerprint density at radius 2 is 2.16 bits per heavy atom. The second-order valence-electron chi connectivity index (χ2n) is 9.78. The summed E-state index contributed by atoms with van der Waals surface area (Å²) in [5.41, 5.74) is 8.11. The van der Waals surface area contributed by atoms with Crippen LogP contribution in [0.5, 0.6) is 0 Å². The van der Waals surface area contributed by atoms with Crippen molar-refractivity contribution in [1.29, 1.82) is 5.41 Å². The number of aromatic nitrogens is 4. The van der Waals surface area contributed by atoms with Crippen LogP contribution in [-0.4, -0.2) is 44.4 Å². The molecule has 4 aromatic heterocycles. The van der Waals surface area contributed by atoms with Gasteiger partial charge in [-0.15, -0.1) is 11.3 Å². The quantitative estimate of drug-likeness (QED) is 0.295. The largest absolute Gasteiger partial charge is 0.353 e. The van der Waals surface area contributed by atoms with E-state index < -0.39 is 0 Å². The van der Waals surface area contributed by atoms with E-state index in [2.05, 4.69) is 73.5 Å². The number of hydrogen-bond acceptors (Lipinski definition) is 7. The number of aromatic amines is 1. The molecule has 0 aromatic carbocycles. The summed E-state index contributed by atoms with van der Waals surface area (Å²) in [6.07, 6.45) is 11.5. The third-order valence-corrected chi connectivity index (χ3v) is 8.18. The Labute approximate surface area is 220 Å². The van der Waals surface area contributed by atoms with Crippen molar-refractivity contribution in [3.05, 3.63) is 88.3 Å². The number of fused-ring (bicyclic) bond motifs is 6. The lowest BCUT2D eigenvalue weighted by Crippen LogP contribution is -2.20. The Morgan fingerprint density at radius 1 is 1.24 bits per heavy atom. The predicted molar refractivity (Wildman–Crippen MR) is 151 cm³/mol. The average molecular weight is 508 g/mol. The fourth-order valence-electron chi connectivity index (χ4n) is 5.29. The van der Waals surface area contributed by atoms with Crippen molar-refractivity contribution < 1.29 is 0 Å². The normalized spacial score (nSPS) is 23.8. The molecule has 0 saturated carbocycles. The maximum Gasteiger partial charge on any atom is 0.116 e. The van der Waals surface area contributed by atoms with Crippen LogP contribution >= 0.6 is 11.3 Å². The lowest BCUT2D eigenvalue weighted by Gasteiger charge is -2.17. The molecule has 3 N–H and O–H groups in total. The molecule has 0 amide bonds. The van der Waals surface area contributed by atoms with E-state index in [0.29, 0.717) is 23.0 Å². The molecule has 2 aliphatic heterocycles. The SMILES string of the molecule is C=C1N/C(C=N)=C(C)/C(c2cccs2)=C\CC2CCN(Cc3cncc(c3)-c3cc4c1n[nH]c4cn3)C2. The molecule has 7 nitrogen and oxygen atoms in total. The first-order chi connectivity index (χ1) is 18.1. The van der Waals surface area contributed by atoms with Crippen molar-refractivity contribution in [1.82, 2.24) is 30.4 Å². The van der Waals surface area contributed by atoms with Crippen LogP contribution in [0.2, 0.25) is 0 Å². The Bertz CT molecular complexity index is 1540. The summed E-state index contributed by atoms with van der Waals surface area (Å²) in [5.74, 6) is 0.597. The van der Waals surface area contributed by atoms with Crippen molar-refractivity contribution in [2.45, 2.75) is 26.3 Å². The summed E-state index contributed by atoms with van der Waals surface area (Å²) in [6.45, 7) is 9.40. The molecule has 6 bridgehead atoms. The first-order valence-electron chi connectivity index (χ1n) is 12.5. The maximum atomic E-state index is 8.21. The van der Waals surface area contributed by atoms with E-state index in [1.54, 1.807) is 17.5 Å². The Hall–Kier alpha value is -3.88. The zero-order valence-electron chi connectivity index (χ0n) is 20.8. The maximum absolute atomic E-state index is 8.21. The van der Waals surface area contributed by atoms with Gasteiger partial charge in [-0.25, -0.2) is 0 Å². The molecular weight excluding hydrogens is 478 g/mol. The number of pyridine rings is 2. The predicted octanol–water partition coefficient (Wildman–Crippen LogP) is 5.87. The Balaban J connectivity index is 1.48. The van der Waals surface area contributed by atoms with Crippen molar-refractivity contribution >= 4 is 39.7 Å². The van der Waals surface area contributed by atoms with Crippen LogP contribution in [0.3, 0.4) is 0 Å². The summed E-state index contributed by atoms with van der Waals surface area (Å²) < 4.78 is 0. The van der Waals surface area contributed by atoms with E-state index in [-0.39, 0.29) is 0 Å². The van der Waals surface area contributed by atoms with Crippen molar-refractivity contribution in [3.63, 3.8) is 0 Å². The minimum absolute atomic E-state index is 0.597. The molecule has 2 unspecified atom stereocenters.